The van der Waals surface area contributed by atoms with Gasteiger partial charge in [0, 0.05) is 30.3 Å². The van der Waals surface area contributed by atoms with Crippen molar-refractivity contribution < 1.29 is 4.52 Å². The summed E-state index contributed by atoms with van der Waals surface area (Å²) in [5.74, 6) is 1.48. The summed E-state index contributed by atoms with van der Waals surface area (Å²) in [5, 5.41) is 12.2. The smallest absolute Gasteiger partial charge is 0.243 e. The quantitative estimate of drug-likeness (QED) is 0.888. The number of rotatable bonds is 6. The Bertz CT molecular complexity index is 618. The van der Waals surface area contributed by atoms with Crippen LogP contribution in [0.1, 0.15) is 75.1 Å². The van der Waals surface area contributed by atoms with Gasteiger partial charge in [-0.3, -0.25) is 10.00 Å². The van der Waals surface area contributed by atoms with Crippen LogP contribution in [-0.2, 0) is 19.4 Å². The van der Waals surface area contributed by atoms with E-state index in [-0.39, 0.29) is 6.04 Å². The number of fused-ring (bicyclic) bond motifs is 1. The molecule has 2 heterocycles. The van der Waals surface area contributed by atoms with Crippen LogP contribution in [-0.4, -0.2) is 19.9 Å². The van der Waals surface area contributed by atoms with E-state index in [9.17, 15) is 0 Å². The van der Waals surface area contributed by atoms with Crippen molar-refractivity contribution in [2.24, 2.45) is 0 Å². The van der Waals surface area contributed by atoms with Crippen LogP contribution in [0.3, 0.4) is 0 Å². The number of aromatic nitrogens is 4. The zero-order chi connectivity index (χ0) is 15.5. The van der Waals surface area contributed by atoms with Crippen molar-refractivity contribution in [1.29, 1.82) is 0 Å². The Labute approximate surface area is 131 Å². The van der Waals surface area contributed by atoms with Gasteiger partial charge in [-0.05, 0) is 39.5 Å². The van der Waals surface area contributed by atoms with Crippen LogP contribution in [0.5, 0.6) is 0 Å². The molecule has 1 aliphatic carbocycles. The zero-order valence-corrected chi connectivity index (χ0v) is 13.7. The first-order valence-electron chi connectivity index (χ1n) is 8.36. The van der Waals surface area contributed by atoms with E-state index in [1.807, 2.05) is 6.20 Å². The number of aryl methyl sites for hydroxylation is 2. The molecule has 120 valence electrons. The SMILES string of the molecule is CCCc1noc([C@@H](C)N[C@H]2CCCc3c2cnn3CC)n1. The number of nitrogens with one attached hydrogen (secondary N) is 1. The Hall–Kier alpha value is -1.69. The number of nitrogens with zero attached hydrogens (tertiary/aromatic N) is 4. The molecule has 2 aromatic rings. The van der Waals surface area contributed by atoms with Gasteiger partial charge in [0.15, 0.2) is 5.82 Å². The van der Waals surface area contributed by atoms with Crippen LogP contribution >= 0.6 is 0 Å². The van der Waals surface area contributed by atoms with Crippen LogP contribution < -0.4 is 5.32 Å². The average molecular weight is 303 g/mol. The third-order valence-corrected chi connectivity index (χ3v) is 4.34. The molecule has 1 N–H and O–H groups in total. The summed E-state index contributed by atoms with van der Waals surface area (Å²) in [6, 6.07) is 0.375. The maximum atomic E-state index is 5.39. The van der Waals surface area contributed by atoms with Crippen LogP contribution in [0, 0.1) is 0 Å². The van der Waals surface area contributed by atoms with E-state index in [1.54, 1.807) is 0 Å². The van der Waals surface area contributed by atoms with Gasteiger partial charge in [-0.25, -0.2) is 0 Å². The molecule has 6 heteroatoms. The maximum Gasteiger partial charge on any atom is 0.243 e. The van der Waals surface area contributed by atoms with Gasteiger partial charge in [0.2, 0.25) is 5.89 Å². The molecule has 0 saturated carbocycles. The summed E-state index contributed by atoms with van der Waals surface area (Å²) in [7, 11) is 0. The fourth-order valence-electron chi connectivity index (χ4n) is 3.21. The molecule has 3 rings (SSSR count). The minimum atomic E-state index is 0.0547. The van der Waals surface area contributed by atoms with Gasteiger partial charge < -0.3 is 4.52 Å². The molecule has 0 bridgehead atoms. The predicted molar refractivity (Wildman–Crippen MR) is 83.4 cm³/mol. The Balaban J connectivity index is 1.72. The van der Waals surface area contributed by atoms with E-state index >= 15 is 0 Å². The average Bonchev–Trinajstić information content (AvgIpc) is 3.14. The first-order chi connectivity index (χ1) is 10.7. The Morgan fingerprint density at radius 3 is 3.09 bits per heavy atom. The summed E-state index contributed by atoms with van der Waals surface area (Å²) in [4.78, 5) is 4.48. The molecular formula is C16H25N5O. The lowest BCUT2D eigenvalue weighted by molar-refractivity contribution is 0.311. The highest BCUT2D eigenvalue weighted by Crippen LogP contribution is 2.31. The van der Waals surface area contributed by atoms with Gasteiger partial charge in [-0.2, -0.15) is 10.1 Å². The van der Waals surface area contributed by atoms with Crippen molar-refractivity contribution in [3.63, 3.8) is 0 Å². The Morgan fingerprint density at radius 2 is 2.32 bits per heavy atom. The molecule has 2 aromatic heterocycles. The van der Waals surface area contributed by atoms with Crippen molar-refractivity contribution in [2.45, 2.75) is 71.5 Å². The second kappa shape index (κ2) is 6.60. The minimum absolute atomic E-state index is 0.0547. The molecule has 6 nitrogen and oxygen atoms in total. The Morgan fingerprint density at radius 1 is 1.45 bits per heavy atom. The second-order valence-electron chi connectivity index (χ2n) is 5.99. The standard InChI is InChI=1S/C16H25N5O/c1-4-7-15-19-16(22-20-15)11(3)18-13-8-6-9-14-12(13)10-17-21(14)5-2/h10-11,13,18H,4-9H2,1-3H3/t11-,13+/m1/s1. The van der Waals surface area contributed by atoms with E-state index in [0.717, 1.165) is 38.1 Å². The molecule has 0 unspecified atom stereocenters. The molecule has 0 saturated heterocycles. The summed E-state index contributed by atoms with van der Waals surface area (Å²) >= 11 is 0. The third kappa shape index (κ3) is 2.92. The van der Waals surface area contributed by atoms with Gasteiger partial charge in [0.1, 0.15) is 0 Å². The fourth-order valence-corrected chi connectivity index (χ4v) is 3.21. The molecule has 0 amide bonds. The summed E-state index contributed by atoms with van der Waals surface area (Å²) in [6.45, 7) is 7.27. The van der Waals surface area contributed by atoms with E-state index < -0.39 is 0 Å². The molecule has 0 fully saturated rings. The van der Waals surface area contributed by atoms with Crippen molar-refractivity contribution in [2.75, 3.05) is 0 Å². The zero-order valence-electron chi connectivity index (χ0n) is 13.7. The summed E-state index contributed by atoms with van der Waals surface area (Å²) in [6.07, 6.45) is 7.35. The van der Waals surface area contributed by atoms with Crippen molar-refractivity contribution in [1.82, 2.24) is 25.2 Å². The van der Waals surface area contributed by atoms with Crippen molar-refractivity contribution in [3.05, 3.63) is 29.2 Å². The Kier molecular flexibility index (Phi) is 4.57. The van der Waals surface area contributed by atoms with E-state index in [0.29, 0.717) is 11.9 Å². The molecule has 0 aromatic carbocycles. The normalized spacial score (nSPS) is 19.1. The van der Waals surface area contributed by atoms with E-state index in [1.165, 1.54) is 17.7 Å². The van der Waals surface area contributed by atoms with E-state index in [2.05, 4.69) is 46.0 Å². The number of hydrogen-bond acceptors (Lipinski definition) is 5. The molecule has 0 radical (unpaired) electrons. The molecule has 0 aliphatic heterocycles. The maximum absolute atomic E-state index is 5.39. The van der Waals surface area contributed by atoms with Crippen LogP contribution in [0.2, 0.25) is 0 Å². The van der Waals surface area contributed by atoms with Gasteiger partial charge in [-0.15, -0.1) is 0 Å². The third-order valence-electron chi connectivity index (χ3n) is 4.34. The largest absolute Gasteiger partial charge is 0.338 e. The lowest BCUT2D eigenvalue weighted by atomic mass is 9.92. The van der Waals surface area contributed by atoms with Gasteiger partial charge in [0.05, 0.1) is 12.2 Å². The summed E-state index contributed by atoms with van der Waals surface area (Å²) in [5.41, 5.74) is 2.70. The highest BCUT2D eigenvalue weighted by Gasteiger charge is 2.26. The van der Waals surface area contributed by atoms with E-state index in [4.69, 9.17) is 4.52 Å². The molecular weight excluding hydrogens is 278 g/mol. The fraction of sp³-hybridized carbons (Fsp3) is 0.688. The predicted octanol–water partition coefficient (Wildman–Crippen LogP) is 2.97. The highest BCUT2D eigenvalue weighted by atomic mass is 16.5. The van der Waals surface area contributed by atoms with Gasteiger partial charge >= 0.3 is 0 Å². The molecule has 0 spiro atoms. The first kappa shape index (κ1) is 15.2. The first-order valence-corrected chi connectivity index (χ1v) is 8.36. The van der Waals surface area contributed by atoms with Crippen LogP contribution in [0.15, 0.2) is 10.7 Å². The number of hydrogen-bond donors (Lipinski definition) is 1. The lowest BCUT2D eigenvalue weighted by Gasteiger charge is -2.26. The van der Waals surface area contributed by atoms with Crippen molar-refractivity contribution >= 4 is 0 Å². The molecule has 2 atom stereocenters. The van der Waals surface area contributed by atoms with Crippen LogP contribution in [0.4, 0.5) is 0 Å². The van der Waals surface area contributed by atoms with Gasteiger partial charge in [0.25, 0.3) is 0 Å². The molecule has 1 aliphatic rings. The minimum Gasteiger partial charge on any atom is -0.338 e. The lowest BCUT2D eigenvalue weighted by Crippen LogP contribution is -2.28. The summed E-state index contributed by atoms with van der Waals surface area (Å²) < 4.78 is 7.50. The topological polar surface area (TPSA) is 68.8 Å². The molecule has 22 heavy (non-hydrogen) atoms. The van der Waals surface area contributed by atoms with Crippen LogP contribution in [0.25, 0.3) is 0 Å². The van der Waals surface area contributed by atoms with Gasteiger partial charge in [-0.1, -0.05) is 12.1 Å². The van der Waals surface area contributed by atoms with Crippen molar-refractivity contribution in [3.8, 4) is 0 Å². The highest BCUT2D eigenvalue weighted by molar-refractivity contribution is 5.25. The monoisotopic (exact) mass is 303 g/mol. The second-order valence-corrected chi connectivity index (χ2v) is 5.99.